The van der Waals surface area contributed by atoms with Crippen LogP contribution in [-0.2, 0) is 0 Å². The normalized spacial score (nSPS) is 11.7. The Morgan fingerprint density at radius 2 is 2.19 bits per heavy atom. The Morgan fingerprint density at radius 3 is 2.94 bits per heavy atom. The molecule has 0 atom stereocenters. The van der Waals surface area contributed by atoms with Gasteiger partial charge in [-0.25, -0.2) is 9.50 Å². The van der Waals surface area contributed by atoms with E-state index >= 15 is 0 Å². The molecule has 0 aliphatic heterocycles. The van der Waals surface area contributed by atoms with Gasteiger partial charge < -0.3 is 0 Å². The lowest BCUT2D eigenvalue weighted by Gasteiger charge is -1.97. The van der Waals surface area contributed by atoms with Crippen molar-refractivity contribution in [3.05, 3.63) is 29.6 Å². The van der Waals surface area contributed by atoms with Crippen molar-refractivity contribution in [2.45, 2.75) is 25.9 Å². The smallest absolute Gasteiger partial charge is 0.216 e. The third-order valence-electron chi connectivity index (χ3n) is 2.14. The zero-order chi connectivity index (χ0) is 11.5. The number of hydrogen-bond acceptors (Lipinski definition) is 4. The van der Waals surface area contributed by atoms with Gasteiger partial charge in [-0.3, -0.25) is 0 Å². The lowest BCUT2D eigenvalue weighted by atomic mass is 10.4. The van der Waals surface area contributed by atoms with Gasteiger partial charge in [0.15, 0.2) is 0 Å². The van der Waals surface area contributed by atoms with Crippen molar-refractivity contribution < 1.29 is 0 Å². The lowest BCUT2D eigenvalue weighted by molar-refractivity contribution is 0.843. The average Bonchev–Trinajstić information content (AvgIpc) is 2.61. The molecule has 2 heterocycles. The molecule has 4 nitrogen and oxygen atoms in total. The second kappa shape index (κ2) is 4.65. The van der Waals surface area contributed by atoms with Crippen LogP contribution in [0.3, 0.4) is 0 Å². The second-order valence-electron chi connectivity index (χ2n) is 3.53. The van der Waals surface area contributed by atoms with Crippen LogP contribution in [0, 0.1) is 13.8 Å². The van der Waals surface area contributed by atoms with E-state index in [2.05, 4.69) is 21.1 Å². The fourth-order valence-corrected chi connectivity index (χ4v) is 2.15. The quantitative estimate of drug-likeness (QED) is 0.604. The Balaban J connectivity index is 2.32. The number of nitrogens with zero attached hydrogens (tertiary/aromatic N) is 4. The summed E-state index contributed by atoms with van der Waals surface area (Å²) in [5.41, 5.74) is 2.04. The number of hydrogen-bond donors (Lipinski definition) is 0. The Labute approximate surface area is 98.8 Å². The van der Waals surface area contributed by atoms with Crippen molar-refractivity contribution in [3.63, 3.8) is 0 Å². The predicted octanol–water partition coefficient (Wildman–Crippen LogP) is 2.41. The Hall–Kier alpha value is -1.36. The van der Waals surface area contributed by atoms with Gasteiger partial charge in [-0.15, -0.1) is 5.10 Å². The van der Waals surface area contributed by atoms with E-state index in [1.54, 1.807) is 16.3 Å². The maximum absolute atomic E-state index is 4.40. The molecule has 0 aliphatic rings. The highest BCUT2D eigenvalue weighted by Gasteiger charge is 2.06. The van der Waals surface area contributed by atoms with Crippen molar-refractivity contribution in [1.82, 2.24) is 19.6 Å². The van der Waals surface area contributed by atoms with Gasteiger partial charge in [0, 0.05) is 17.1 Å². The van der Waals surface area contributed by atoms with Crippen molar-refractivity contribution in [2.75, 3.05) is 5.75 Å². The first-order valence-corrected chi connectivity index (χ1v) is 6.14. The average molecular weight is 234 g/mol. The van der Waals surface area contributed by atoms with Gasteiger partial charge in [-0.05, 0) is 26.8 Å². The third kappa shape index (κ3) is 2.24. The highest BCUT2D eigenvalue weighted by atomic mass is 32.2. The van der Waals surface area contributed by atoms with Crippen LogP contribution in [-0.4, -0.2) is 25.3 Å². The molecule has 5 heteroatoms. The molecule has 0 radical (unpaired) electrons. The van der Waals surface area contributed by atoms with Gasteiger partial charge in [0.2, 0.25) is 5.16 Å². The lowest BCUT2D eigenvalue weighted by Crippen LogP contribution is -1.97. The molecule has 0 N–H and O–H groups in total. The maximum atomic E-state index is 4.40. The Kier molecular flexibility index (Phi) is 3.24. The van der Waals surface area contributed by atoms with Crippen LogP contribution in [0.2, 0.25) is 0 Å². The first-order valence-electron chi connectivity index (χ1n) is 5.15. The molecular weight excluding hydrogens is 220 g/mol. The Bertz CT molecular complexity index is 530. The van der Waals surface area contributed by atoms with Crippen molar-refractivity contribution in [3.8, 4) is 0 Å². The van der Waals surface area contributed by atoms with Crippen LogP contribution < -0.4 is 0 Å². The van der Waals surface area contributed by atoms with Gasteiger partial charge in [-0.1, -0.05) is 23.9 Å². The fourth-order valence-electron chi connectivity index (χ4n) is 1.43. The van der Waals surface area contributed by atoms with Gasteiger partial charge >= 0.3 is 0 Å². The SMILES string of the molecule is C/C=C/CSc1nc2nc(C)cc(C)n2n1. The van der Waals surface area contributed by atoms with E-state index < -0.39 is 0 Å². The molecule has 16 heavy (non-hydrogen) atoms. The molecular formula is C11H14N4S. The second-order valence-corrected chi connectivity index (χ2v) is 4.51. The standard InChI is InChI=1S/C11H14N4S/c1-4-5-6-16-11-13-10-12-8(2)7-9(3)15(10)14-11/h4-5,7H,6H2,1-3H3/b5-4+. The van der Waals surface area contributed by atoms with E-state index in [9.17, 15) is 0 Å². The maximum Gasteiger partial charge on any atom is 0.253 e. The van der Waals surface area contributed by atoms with E-state index in [0.29, 0.717) is 5.78 Å². The van der Waals surface area contributed by atoms with Crippen LogP contribution >= 0.6 is 11.8 Å². The number of allylic oxidation sites excluding steroid dienone is 1. The molecule has 0 unspecified atom stereocenters. The third-order valence-corrected chi connectivity index (χ3v) is 2.93. The van der Waals surface area contributed by atoms with E-state index in [4.69, 9.17) is 0 Å². The summed E-state index contributed by atoms with van der Waals surface area (Å²) >= 11 is 1.62. The van der Waals surface area contributed by atoms with Gasteiger partial charge in [0.25, 0.3) is 5.78 Å². The number of thioether (sulfide) groups is 1. The molecule has 0 amide bonds. The minimum atomic E-state index is 0.681. The summed E-state index contributed by atoms with van der Waals surface area (Å²) < 4.78 is 1.78. The van der Waals surface area contributed by atoms with E-state index in [-0.39, 0.29) is 0 Å². The van der Waals surface area contributed by atoms with Crippen LogP contribution in [0.15, 0.2) is 23.4 Å². The zero-order valence-electron chi connectivity index (χ0n) is 9.64. The molecule has 0 bridgehead atoms. The van der Waals surface area contributed by atoms with Crippen molar-refractivity contribution in [2.24, 2.45) is 0 Å². The topological polar surface area (TPSA) is 43.1 Å². The molecule has 0 aliphatic carbocycles. The highest BCUT2D eigenvalue weighted by Crippen LogP contribution is 2.15. The highest BCUT2D eigenvalue weighted by molar-refractivity contribution is 7.99. The van der Waals surface area contributed by atoms with E-state index in [1.807, 2.05) is 32.9 Å². The van der Waals surface area contributed by atoms with Gasteiger partial charge in [0.1, 0.15) is 0 Å². The molecule has 0 aromatic carbocycles. The van der Waals surface area contributed by atoms with Crippen LogP contribution in [0.5, 0.6) is 0 Å². The fraction of sp³-hybridized carbons (Fsp3) is 0.364. The molecule has 2 aromatic rings. The predicted molar refractivity (Wildman–Crippen MR) is 65.8 cm³/mol. The van der Waals surface area contributed by atoms with Crippen LogP contribution in [0.25, 0.3) is 5.78 Å². The number of fused-ring (bicyclic) bond motifs is 1. The minimum absolute atomic E-state index is 0.681. The first-order chi connectivity index (χ1) is 7.70. The number of aromatic nitrogens is 4. The summed E-state index contributed by atoms with van der Waals surface area (Å²) in [6.45, 7) is 5.98. The van der Waals surface area contributed by atoms with Crippen molar-refractivity contribution in [1.29, 1.82) is 0 Å². The number of aryl methyl sites for hydroxylation is 2. The van der Waals surface area contributed by atoms with E-state index in [1.165, 1.54) is 0 Å². The molecule has 0 saturated heterocycles. The molecule has 2 aromatic heterocycles. The summed E-state index contributed by atoms with van der Waals surface area (Å²) in [6.07, 6.45) is 4.11. The first kappa shape index (κ1) is 11.1. The summed E-state index contributed by atoms with van der Waals surface area (Å²) in [7, 11) is 0. The molecule has 84 valence electrons. The van der Waals surface area contributed by atoms with E-state index in [0.717, 1.165) is 22.3 Å². The molecule has 0 saturated carbocycles. The summed E-state index contributed by atoms with van der Waals surface area (Å²) in [5.74, 6) is 1.58. The van der Waals surface area contributed by atoms with Crippen LogP contribution in [0.4, 0.5) is 0 Å². The monoisotopic (exact) mass is 234 g/mol. The summed E-state index contributed by atoms with van der Waals surface area (Å²) in [5, 5.41) is 5.17. The largest absolute Gasteiger partial charge is 0.253 e. The number of rotatable bonds is 3. The molecule has 2 rings (SSSR count). The van der Waals surface area contributed by atoms with Gasteiger partial charge in [-0.2, -0.15) is 4.98 Å². The van der Waals surface area contributed by atoms with Crippen molar-refractivity contribution >= 4 is 17.5 Å². The Morgan fingerprint density at radius 1 is 1.38 bits per heavy atom. The molecule has 0 fully saturated rings. The summed E-state index contributed by atoms with van der Waals surface area (Å²) in [4.78, 5) is 8.72. The minimum Gasteiger partial charge on any atom is -0.216 e. The summed E-state index contributed by atoms with van der Waals surface area (Å²) in [6, 6.07) is 2.00. The zero-order valence-corrected chi connectivity index (χ0v) is 10.5. The van der Waals surface area contributed by atoms with Crippen LogP contribution in [0.1, 0.15) is 18.3 Å². The van der Waals surface area contributed by atoms with Gasteiger partial charge in [0.05, 0.1) is 0 Å². The molecule has 0 spiro atoms.